The number of aryl methyl sites for hydroxylation is 1. The van der Waals surface area contributed by atoms with Gasteiger partial charge in [0.2, 0.25) is 0 Å². The highest BCUT2D eigenvalue weighted by atomic mass is 31.0. The number of phenolic OH excluding ortho intramolecular Hbond substituents is 1. The Morgan fingerprint density at radius 2 is 2.11 bits per heavy atom. The quantitative estimate of drug-likeness (QED) is 0.696. The number of aldehydes is 1. The second kappa shape index (κ2) is 4.70. The van der Waals surface area contributed by atoms with Crippen molar-refractivity contribution in [1.82, 2.24) is 9.78 Å². The number of hydrogen-bond donors (Lipinski definition) is 1. The molecule has 0 spiro atoms. The lowest BCUT2D eigenvalue weighted by Gasteiger charge is -2.08. The molecule has 0 saturated heterocycles. The maximum Gasteiger partial charge on any atom is 0.299 e. The van der Waals surface area contributed by atoms with Gasteiger partial charge in [0.05, 0.1) is 5.69 Å². The van der Waals surface area contributed by atoms with Crippen LogP contribution in [0, 0.1) is 0 Å². The van der Waals surface area contributed by atoms with E-state index in [4.69, 9.17) is 0 Å². The molecule has 1 aromatic heterocycles. The predicted octanol–water partition coefficient (Wildman–Crippen LogP) is 2.53. The highest BCUT2D eigenvalue weighted by Crippen LogP contribution is 2.37. The van der Waals surface area contributed by atoms with Crippen LogP contribution in [0.5, 0.6) is 5.75 Å². The van der Waals surface area contributed by atoms with Crippen molar-refractivity contribution >= 4 is 15.5 Å². The molecule has 100 valence electrons. The van der Waals surface area contributed by atoms with E-state index in [0.717, 1.165) is 4.68 Å². The van der Waals surface area contributed by atoms with Gasteiger partial charge in [-0.3, -0.25) is 9.48 Å². The summed E-state index contributed by atoms with van der Waals surface area (Å²) in [7, 11) is 2.84. The highest BCUT2D eigenvalue weighted by molar-refractivity contribution is 7.17. The van der Waals surface area contributed by atoms with Gasteiger partial charge in [-0.2, -0.15) is 13.9 Å². The van der Waals surface area contributed by atoms with Gasteiger partial charge in [-0.25, -0.2) is 0 Å². The number of halogens is 2. The molecule has 1 atom stereocenters. The van der Waals surface area contributed by atoms with Crippen molar-refractivity contribution < 1.29 is 18.7 Å². The minimum Gasteiger partial charge on any atom is -0.507 e. The number of aromatic nitrogens is 2. The highest BCUT2D eigenvalue weighted by Gasteiger charge is 2.29. The largest absolute Gasteiger partial charge is 0.507 e. The molecule has 4 nitrogen and oxygen atoms in total. The smallest absolute Gasteiger partial charge is 0.299 e. The standard InChI is InChI=1S/C12H11F2N2O2P/c1-16-11(12(13,14)19)5-9(15-16)8-3-2-7(6-17)4-10(8)18/h2-6,18H,19H2,1H3. The molecular weight excluding hydrogens is 273 g/mol. The number of carbonyl (C=O) groups is 1. The van der Waals surface area contributed by atoms with Crippen LogP contribution in [0.25, 0.3) is 11.3 Å². The van der Waals surface area contributed by atoms with Gasteiger partial charge in [-0.1, -0.05) is 15.3 Å². The average Bonchev–Trinajstić information content (AvgIpc) is 2.70. The Morgan fingerprint density at radius 1 is 1.42 bits per heavy atom. The molecule has 0 amide bonds. The Bertz CT molecular complexity index is 635. The molecule has 19 heavy (non-hydrogen) atoms. The van der Waals surface area contributed by atoms with Crippen LogP contribution in [-0.4, -0.2) is 21.2 Å². The van der Waals surface area contributed by atoms with Gasteiger partial charge in [0.15, 0.2) is 0 Å². The first kappa shape index (κ1) is 13.6. The Hall–Kier alpha value is -1.81. The van der Waals surface area contributed by atoms with E-state index in [1.165, 1.54) is 40.6 Å². The third kappa shape index (κ3) is 2.63. The van der Waals surface area contributed by atoms with Gasteiger partial charge in [-0.05, 0) is 18.2 Å². The van der Waals surface area contributed by atoms with Crippen molar-refractivity contribution in [2.24, 2.45) is 7.05 Å². The first-order valence-electron chi connectivity index (χ1n) is 5.32. The molecule has 1 aromatic carbocycles. The Balaban J connectivity index is 2.51. The fourth-order valence-corrected chi connectivity index (χ4v) is 2.02. The number of alkyl halides is 2. The maximum atomic E-state index is 13.3. The average molecular weight is 284 g/mol. The molecule has 2 rings (SSSR count). The molecule has 0 saturated carbocycles. The monoisotopic (exact) mass is 284 g/mol. The van der Waals surface area contributed by atoms with E-state index in [1.807, 2.05) is 0 Å². The maximum absolute atomic E-state index is 13.3. The van der Waals surface area contributed by atoms with Crippen molar-refractivity contribution in [3.05, 3.63) is 35.5 Å². The predicted molar refractivity (Wildman–Crippen MR) is 69.3 cm³/mol. The van der Waals surface area contributed by atoms with Crippen LogP contribution in [0.2, 0.25) is 0 Å². The summed E-state index contributed by atoms with van der Waals surface area (Å²) >= 11 is 0. The van der Waals surface area contributed by atoms with Crippen LogP contribution in [-0.2, 0) is 12.7 Å². The second-order valence-electron chi connectivity index (χ2n) is 4.06. The normalized spacial score (nSPS) is 11.6. The number of carbonyl (C=O) groups excluding carboxylic acids is 1. The minimum absolute atomic E-state index is 0.179. The lowest BCUT2D eigenvalue weighted by molar-refractivity contribution is 0.0938. The second-order valence-corrected chi connectivity index (χ2v) is 4.78. The van der Waals surface area contributed by atoms with Crippen LogP contribution in [0.4, 0.5) is 8.78 Å². The van der Waals surface area contributed by atoms with Crippen molar-refractivity contribution in [2.45, 2.75) is 5.66 Å². The van der Waals surface area contributed by atoms with Gasteiger partial charge >= 0.3 is 0 Å². The van der Waals surface area contributed by atoms with Crippen LogP contribution < -0.4 is 0 Å². The number of rotatable bonds is 3. The number of benzene rings is 1. The molecule has 0 fully saturated rings. The van der Waals surface area contributed by atoms with Crippen LogP contribution >= 0.6 is 9.24 Å². The number of nitrogens with zero attached hydrogens (tertiary/aromatic N) is 2. The molecule has 0 aliphatic heterocycles. The molecule has 1 heterocycles. The Morgan fingerprint density at radius 3 is 2.58 bits per heavy atom. The van der Waals surface area contributed by atoms with E-state index in [-0.39, 0.29) is 17.1 Å². The van der Waals surface area contributed by atoms with E-state index in [2.05, 4.69) is 5.10 Å². The van der Waals surface area contributed by atoms with E-state index < -0.39 is 5.66 Å². The molecule has 7 heteroatoms. The molecule has 2 aromatic rings. The summed E-state index contributed by atoms with van der Waals surface area (Å²) in [5.41, 5.74) is -2.57. The topological polar surface area (TPSA) is 55.1 Å². The summed E-state index contributed by atoms with van der Waals surface area (Å²) in [5.74, 6) is -0.179. The summed E-state index contributed by atoms with van der Waals surface area (Å²) in [6, 6.07) is 5.40. The zero-order valence-electron chi connectivity index (χ0n) is 9.97. The van der Waals surface area contributed by atoms with Crippen molar-refractivity contribution in [3.63, 3.8) is 0 Å². The number of aromatic hydroxyl groups is 1. The van der Waals surface area contributed by atoms with Crippen molar-refractivity contribution in [2.75, 3.05) is 0 Å². The van der Waals surface area contributed by atoms with Gasteiger partial charge in [0.25, 0.3) is 5.66 Å². The van der Waals surface area contributed by atoms with E-state index in [1.54, 1.807) is 0 Å². The first-order chi connectivity index (χ1) is 8.82. The van der Waals surface area contributed by atoms with Crippen LogP contribution in [0.3, 0.4) is 0 Å². The summed E-state index contributed by atoms with van der Waals surface area (Å²) in [6.45, 7) is 0. The Kier molecular flexibility index (Phi) is 3.37. The van der Waals surface area contributed by atoms with E-state index in [9.17, 15) is 18.7 Å². The minimum atomic E-state index is -3.10. The van der Waals surface area contributed by atoms with Crippen molar-refractivity contribution in [3.8, 4) is 17.0 Å². The zero-order chi connectivity index (χ0) is 14.2. The third-order valence-electron chi connectivity index (χ3n) is 2.66. The molecular formula is C12H11F2N2O2P. The van der Waals surface area contributed by atoms with Gasteiger partial charge in [-0.15, -0.1) is 0 Å². The van der Waals surface area contributed by atoms with Crippen molar-refractivity contribution in [1.29, 1.82) is 0 Å². The fourth-order valence-electron chi connectivity index (χ4n) is 1.75. The van der Waals surface area contributed by atoms with Gasteiger partial charge in [0.1, 0.15) is 17.7 Å². The van der Waals surface area contributed by atoms with E-state index in [0.29, 0.717) is 17.4 Å². The zero-order valence-corrected chi connectivity index (χ0v) is 11.1. The Labute approximate surface area is 110 Å². The molecule has 0 bridgehead atoms. The lowest BCUT2D eigenvalue weighted by Crippen LogP contribution is -2.09. The summed E-state index contributed by atoms with van der Waals surface area (Å²) in [5, 5.41) is 13.7. The molecule has 1 N–H and O–H groups in total. The summed E-state index contributed by atoms with van der Waals surface area (Å²) < 4.78 is 27.6. The first-order valence-corrected chi connectivity index (χ1v) is 5.90. The fraction of sp³-hybridized carbons (Fsp3) is 0.167. The molecule has 1 unspecified atom stereocenters. The summed E-state index contributed by atoms with van der Waals surface area (Å²) in [6.07, 6.45) is 0.587. The molecule has 0 radical (unpaired) electrons. The van der Waals surface area contributed by atoms with Gasteiger partial charge < -0.3 is 5.11 Å². The van der Waals surface area contributed by atoms with E-state index >= 15 is 0 Å². The molecule has 0 aliphatic rings. The third-order valence-corrected chi connectivity index (χ3v) is 2.95. The lowest BCUT2D eigenvalue weighted by atomic mass is 10.1. The summed E-state index contributed by atoms with van der Waals surface area (Å²) in [4.78, 5) is 10.6. The number of hydrogen-bond acceptors (Lipinski definition) is 3. The SMILES string of the molecule is Cn1nc(-c2ccc(C=O)cc2O)cc1C(F)(F)P. The molecule has 0 aliphatic carbocycles. The number of phenols is 1. The van der Waals surface area contributed by atoms with Crippen LogP contribution in [0.15, 0.2) is 24.3 Å². The van der Waals surface area contributed by atoms with Gasteiger partial charge in [0, 0.05) is 18.2 Å². The van der Waals surface area contributed by atoms with Crippen LogP contribution in [0.1, 0.15) is 16.1 Å².